The van der Waals surface area contributed by atoms with Crippen molar-refractivity contribution >= 4 is 5.82 Å². The fraction of sp³-hybridized carbons (Fsp3) is 0.500. The molecule has 0 amide bonds. The number of nitrogens with zero attached hydrogens (tertiary/aromatic N) is 1. The standard InChI is InChI=1S/C6H7F2N3/c7-6(8)2-1-3-4(6)5(9)11-10-3/h1-2H2,(H3,9,10,11). The van der Waals surface area contributed by atoms with Crippen LogP contribution in [0.25, 0.3) is 0 Å². The first-order chi connectivity index (χ1) is 5.11. The minimum atomic E-state index is -2.77. The second-order valence-electron chi connectivity index (χ2n) is 2.67. The maximum absolute atomic E-state index is 12.9. The summed E-state index contributed by atoms with van der Waals surface area (Å²) in [6, 6.07) is 0. The molecule has 1 aliphatic carbocycles. The Labute approximate surface area is 61.6 Å². The highest BCUT2D eigenvalue weighted by atomic mass is 19.3. The van der Waals surface area contributed by atoms with E-state index in [4.69, 9.17) is 5.73 Å². The number of aromatic nitrogens is 2. The van der Waals surface area contributed by atoms with Gasteiger partial charge in [0, 0.05) is 12.1 Å². The molecule has 3 N–H and O–H groups in total. The van der Waals surface area contributed by atoms with Gasteiger partial charge in [0.1, 0.15) is 0 Å². The van der Waals surface area contributed by atoms with E-state index < -0.39 is 5.92 Å². The van der Waals surface area contributed by atoms with Crippen LogP contribution in [-0.2, 0) is 12.3 Å². The Balaban J connectivity index is 2.60. The summed E-state index contributed by atoms with van der Waals surface area (Å²) in [7, 11) is 0. The molecule has 1 aliphatic rings. The Morgan fingerprint density at radius 1 is 1.55 bits per heavy atom. The van der Waals surface area contributed by atoms with Gasteiger partial charge >= 0.3 is 0 Å². The van der Waals surface area contributed by atoms with Crippen molar-refractivity contribution in [1.29, 1.82) is 0 Å². The van der Waals surface area contributed by atoms with E-state index in [2.05, 4.69) is 10.2 Å². The van der Waals surface area contributed by atoms with E-state index in [1.165, 1.54) is 0 Å². The first kappa shape index (κ1) is 6.57. The van der Waals surface area contributed by atoms with E-state index in [1.807, 2.05) is 0 Å². The van der Waals surface area contributed by atoms with Crippen LogP contribution in [0.1, 0.15) is 17.7 Å². The van der Waals surface area contributed by atoms with E-state index in [0.717, 1.165) is 0 Å². The van der Waals surface area contributed by atoms with Crippen molar-refractivity contribution in [1.82, 2.24) is 10.2 Å². The van der Waals surface area contributed by atoms with Gasteiger partial charge in [0.2, 0.25) is 0 Å². The molecule has 0 spiro atoms. The predicted molar refractivity (Wildman–Crippen MR) is 35.2 cm³/mol. The molecule has 1 aromatic heterocycles. The van der Waals surface area contributed by atoms with Gasteiger partial charge in [0.15, 0.2) is 5.82 Å². The summed E-state index contributed by atoms with van der Waals surface area (Å²) < 4.78 is 25.8. The molecule has 0 unspecified atom stereocenters. The van der Waals surface area contributed by atoms with Crippen LogP contribution in [-0.4, -0.2) is 10.2 Å². The van der Waals surface area contributed by atoms with Crippen LogP contribution in [0.2, 0.25) is 0 Å². The Hall–Kier alpha value is -1.13. The molecule has 0 fully saturated rings. The summed E-state index contributed by atoms with van der Waals surface area (Å²) in [5.74, 6) is -2.84. The maximum atomic E-state index is 12.9. The summed E-state index contributed by atoms with van der Waals surface area (Å²) >= 11 is 0. The molecular formula is C6H7F2N3. The van der Waals surface area contributed by atoms with Crippen molar-refractivity contribution in [2.24, 2.45) is 0 Å². The zero-order chi connectivity index (χ0) is 8.06. The molecule has 1 heterocycles. The summed E-state index contributed by atoms with van der Waals surface area (Å²) in [6.07, 6.45) is 0.188. The van der Waals surface area contributed by atoms with Gasteiger partial charge in [-0.25, -0.2) is 8.78 Å². The van der Waals surface area contributed by atoms with Gasteiger partial charge in [-0.1, -0.05) is 0 Å². The number of nitrogens with one attached hydrogen (secondary N) is 1. The molecule has 0 saturated heterocycles. The summed E-state index contributed by atoms with van der Waals surface area (Å²) in [4.78, 5) is 0. The number of fused-ring (bicyclic) bond motifs is 1. The van der Waals surface area contributed by atoms with Crippen molar-refractivity contribution in [3.63, 3.8) is 0 Å². The summed E-state index contributed by atoms with van der Waals surface area (Å²) in [6.45, 7) is 0. The van der Waals surface area contributed by atoms with E-state index in [9.17, 15) is 8.78 Å². The molecule has 3 nitrogen and oxygen atoms in total. The minimum Gasteiger partial charge on any atom is -0.382 e. The number of alkyl halides is 2. The molecule has 5 heteroatoms. The third kappa shape index (κ3) is 0.735. The van der Waals surface area contributed by atoms with E-state index >= 15 is 0 Å². The van der Waals surface area contributed by atoms with Crippen molar-refractivity contribution in [3.05, 3.63) is 11.3 Å². The molecule has 0 saturated carbocycles. The van der Waals surface area contributed by atoms with Crippen LogP contribution >= 0.6 is 0 Å². The second-order valence-corrected chi connectivity index (χ2v) is 2.67. The highest BCUT2D eigenvalue weighted by molar-refractivity contribution is 5.47. The van der Waals surface area contributed by atoms with E-state index in [0.29, 0.717) is 12.1 Å². The zero-order valence-electron chi connectivity index (χ0n) is 5.69. The van der Waals surface area contributed by atoms with Gasteiger partial charge in [-0.2, -0.15) is 5.10 Å². The normalized spacial score (nSPS) is 20.2. The van der Waals surface area contributed by atoms with Gasteiger partial charge in [0.05, 0.1) is 5.56 Å². The average molecular weight is 159 g/mol. The summed E-state index contributed by atoms with van der Waals surface area (Å²) in [5.41, 5.74) is 5.62. The Morgan fingerprint density at radius 3 is 2.91 bits per heavy atom. The number of rotatable bonds is 0. The van der Waals surface area contributed by atoms with Crippen molar-refractivity contribution in [2.75, 3.05) is 5.73 Å². The fourth-order valence-electron chi connectivity index (χ4n) is 1.39. The topological polar surface area (TPSA) is 54.7 Å². The fourth-order valence-corrected chi connectivity index (χ4v) is 1.39. The van der Waals surface area contributed by atoms with E-state index in [1.54, 1.807) is 0 Å². The van der Waals surface area contributed by atoms with Gasteiger partial charge in [0.25, 0.3) is 5.92 Å². The van der Waals surface area contributed by atoms with Crippen LogP contribution in [0, 0.1) is 0 Å². The lowest BCUT2D eigenvalue weighted by Crippen LogP contribution is -2.09. The first-order valence-corrected chi connectivity index (χ1v) is 3.32. The minimum absolute atomic E-state index is 0.0671. The van der Waals surface area contributed by atoms with Crippen molar-refractivity contribution in [3.8, 4) is 0 Å². The second kappa shape index (κ2) is 1.72. The molecule has 1 aromatic rings. The lowest BCUT2D eigenvalue weighted by Gasteiger charge is -2.07. The lowest BCUT2D eigenvalue weighted by molar-refractivity contribution is -0.00122. The number of aryl methyl sites for hydroxylation is 1. The summed E-state index contributed by atoms with van der Waals surface area (Å²) in [5, 5.41) is 5.99. The largest absolute Gasteiger partial charge is 0.382 e. The molecule has 2 rings (SSSR count). The van der Waals surface area contributed by atoms with Crippen LogP contribution in [0.3, 0.4) is 0 Å². The zero-order valence-corrected chi connectivity index (χ0v) is 5.69. The Morgan fingerprint density at radius 2 is 2.27 bits per heavy atom. The van der Waals surface area contributed by atoms with E-state index in [-0.39, 0.29) is 17.8 Å². The molecule has 0 aliphatic heterocycles. The number of nitrogens with two attached hydrogens (primary N) is 1. The van der Waals surface area contributed by atoms with Crippen LogP contribution < -0.4 is 5.73 Å². The van der Waals surface area contributed by atoms with Gasteiger partial charge < -0.3 is 5.73 Å². The molecule has 0 aromatic carbocycles. The number of nitrogen functional groups attached to an aromatic ring is 1. The number of aromatic amines is 1. The van der Waals surface area contributed by atoms with Gasteiger partial charge in [-0.05, 0) is 6.42 Å². The number of H-pyrrole nitrogens is 1. The van der Waals surface area contributed by atoms with Crippen LogP contribution in [0.15, 0.2) is 0 Å². The number of halogens is 2. The average Bonchev–Trinajstić information content (AvgIpc) is 2.38. The van der Waals surface area contributed by atoms with Gasteiger partial charge in [-0.15, -0.1) is 0 Å². The lowest BCUT2D eigenvalue weighted by atomic mass is 10.2. The quantitative estimate of drug-likeness (QED) is 0.594. The molecular weight excluding hydrogens is 152 g/mol. The number of anilines is 1. The third-order valence-electron chi connectivity index (χ3n) is 1.92. The molecule has 0 radical (unpaired) electrons. The van der Waals surface area contributed by atoms with Crippen LogP contribution in [0.5, 0.6) is 0 Å². The third-order valence-corrected chi connectivity index (χ3v) is 1.92. The smallest absolute Gasteiger partial charge is 0.278 e. The number of hydrogen-bond acceptors (Lipinski definition) is 2. The SMILES string of the molecule is Nc1n[nH]c2c1C(F)(F)CC2. The first-order valence-electron chi connectivity index (χ1n) is 3.32. The molecule has 0 atom stereocenters. The van der Waals surface area contributed by atoms with Crippen molar-refractivity contribution in [2.45, 2.75) is 18.8 Å². The van der Waals surface area contributed by atoms with Crippen molar-refractivity contribution < 1.29 is 8.78 Å². The molecule has 11 heavy (non-hydrogen) atoms. The van der Waals surface area contributed by atoms with Crippen LogP contribution in [0.4, 0.5) is 14.6 Å². The predicted octanol–water partition coefficient (Wildman–Crippen LogP) is 1.03. The monoisotopic (exact) mass is 159 g/mol. The molecule has 0 bridgehead atoms. The van der Waals surface area contributed by atoms with Gasteiger partial charge in [-0.3, -0.25) is 5.10 Å². The number of hydrogen-bond donors (Lipinski definition) is 2. The highest BCUT2D eigenvalue weighted by Crippen LogP contribution is 2.43. The Bertz CT molecular complexity index is 292. The highest BCUT2D eigenvalue weighted by Gasteiger charge is 2.42. The maximum Gasteiger partial charge on any atom is 0.278 e. The Kier molecular flexibility index (Phi) is 1.03. The molecule has 60 valence electrons.